The minimum atomic E-state index is -0.327. The number of nitrogens with one attached hydrogen (secondary N) is 2. The lowest BCUT2D eigenvalue weighted by Gasteiger charge is -2.06. The van der Waals surface area contributed by atoms with Crippen molar-refractivity contribution in [2.45, 2.75) is 12.8 Å². The molecule has 0 saturated heterocycles. The molecule has 2 amide bonds. The van der Waals surface area contributed by atoms with Gasteiger partial charge >= 0.3 is 0 Å². The average Bonchev–Trinajstić information content (AvgIpc) is 2.56. The number of para-hydroxylation sites is 1. The van der Waals surface area contributed by atoms with Crippen molar-refractivity contribution in [2.75, 3.05) is 5.32 Å². The molecule has 2 rings (SSSR count). The summed E-state index contributed by atoms with van der Waals surface area (Å²) in [6, 6.07) is 16.3. The summed E-state index contributed by atoms with van der Waals surface area (Å²) in [5, 5.41) is 6.95. The summed E-state index contributed by atoms with van der Waals surface area (Å²) in [4.78, 5) is 23.4. The second kappa shape index (κ2) is 8.70. The molecule has 0 radical (unpaired) electrons. The van der Waals surface area contributed by atoms with Crippen LogP contribution in [0.2, 0.25) is 5.02 Å². The lowest BCUT2D eigenvalue weighted by molar-refractivity contribution is -0.124. The molecule has 0 aliphatic heterocycles. The fourth-order valence-electron chi connectivity index (χ4n) is 1.78. The SMILES string of the molecule is O=C(CCC(=O)Nc1ccccc1Cl)NN=Cc1ccccc1. The molecule has 6 heteroatoms. The molecule has 23 heavy (non-hydrogen) atoms. The molecule has 118 valence electrons. The Balaban J connectivity index is 1.73. The van der Waals surface area contributed by atoms with Crippen LogP contribution in [0.15, 0.2) is 59.7 Å². The van der Waals surface area contributed by atoms with Crippen LogP contribution in [0.1, 0.15) is 18.4 Å². The van der Waals surface area contributed by atoms with Crippen LogP contribution in [0.5, 0.6) is 0 Å². The molecule has 2 aromatic rings. The Morgan fingerprint density at radius 1 is 0.957 bits per heavy atom. The molecule has 0 aliphatic carbocycles. The summed E-state index contributed by atoms with van der Waals surface area (Å²) in [6.45, 7) is 0. The maximum atomic E-state index is 11.8. The number of nitrogens with zero attached hydrogens (tertiary/aromatic N) is 1. The smallest absolute Gasteiger partial charge is 0.240 e. The second-order valence-corrected chi connectivity index (χ2v) is 5.14. The third-order valence-corrected chi connectivity index (χ3v) is 3.26. The minimum Gasteiger partial charge on any atom is -0.325 e. The third kappa shape index (κ3) is 5.92. The largest absolute Gasteiger partial charge is 0.325 e. The van der Waals surface area contributed by atoms with Crippen LogP contribution >= 0.6 is 11.6 Å². The van der Waals surface area contributed by atoms with Gasteiger partial charge in [0.15, 0.2) is 0 Å². The Bertz CT molecular complexity index is 702. The quantitative estimate of drug-likeness (QED) is 0.631. The summed E-state index contributed by atoms with van der Waals surface area (Å²) in [5.74, 6) is -0.605. The van der Waals surface area contributed by atoms with Gasteiger partial charge in [0.1, 0.15) is 0 Å². The summed E-state index contributed by atoms with van der Waals surface area (Å²) in [6.07, 6.45) is 1.64. The van der Waals surface area contributed by atoms with E-state index in [-0.39, 0.29) is 24.7 Å². The van der Waals surface area contributed by atoms with E-state index in [1.807, 2.05) is 30.3 Å². The third-order valence-electron chi connectivity index (χ3n) is 2.93. The number of carbonyl (C=O) groups excluding carboxylic acids is 2. The summed E-state index contributed by atoms with van der Waals surface area (Å²) in [7, 11) is 0. The first-order valence-corrected chi connectivity index (χ1v) is 7.44. The average molecular weight is 330 g/mol. The fraction of sp³-hybridized carbons (Fsp3) is 0.118. The number of anilines is 1. The molecule has 0 bridgehead atoms. The number of benzene rings is 2. The molecule has 0 unspecified atom stereocenters. The zero-order valence-electron chi connectivity index (χ0n) is 12.3. The van der Waals surface area contributed by atoms with E-state index < -0.39 is 0 Å². The number of hydrogen-bond donors (Lipinski definition) is 2. The highest BCUT2D eigenvalue weighted by Gasteiger charge is 2.08. The van der Waals surface area contributed by atoms with Gasteiger partial charge in [0.05, 0.1) is 16.9 Å². The van der Waals surface area contributed by atoms with Crippen molar-refractivity contribution in [3.63, 3.8) is 0 Å². The molecule has 0 saturated carbocycles. The van der Waals surface area contributed by atoms with E-state index in [2.05, 4.69) is 15.8 Å². The maximum Gasteiger partial charge on any atom is 0.240 e. The Labute approximate surface area is 139 Å². The van der Waals surface area contributed by atoms with Gasteiger partial charge in [0, 0.05) is 12.8 Å². The van der Waals surface area contributed by atoms with E-state index in [4.69, 9.17) is 11.6 Å². The highest BCUT2D eigenvalue weighted by atomic mass is 35.5. The van der Waals surface area contributed by atoms with Gasteiger partial charge in [-0.05, 0) is 17.7 Å². The van der Waals surface area contributed by atoms with Crippen molar-refractivity contribution in [3.05, 3.63) is 65.2 Å². The maximum absolute atomic E-state index is 11.8. The van der Waals surface area contributed by atoms with Crippen molar-refractivity contribution >= 4 is 35.3 Å². The van der Waals surface area contributed by atoms with Crippen LogP contribution < -0.4 is 10.7 Å². The first-order chi connectivity index (χ1) is 11.1. The van der Waals surface area contributed by atoms with Crippen molar-refractivity contribution in [1.29, 1.82) is 0 Å². The van der Waals surface area contributed by atoms with Crippen molar-refractivity contribution in [3.8, 4) is 0 Å². The Kier molecular flexibility index (Phi) is 6.32. The van der Waals surface area contributed by atoms with Gasteiger partial charge in [-0.2, -0.15) is 5.10 Å². The molecule has 0 aromatic heterocycles. The van der Waals surface area contributed by atoms with Gasteiger partial charge in [0.25, 0.3) is 0 Å². The normalized spacial score (nSPS) is 10.5. The first-order valence-electron chi connectivity index (χ1n) is 7.06. The van der Waals surface area contributed by atoms with Gasteiger partial charge in [-0.1, -0.05) is 54.1 Å². The molecule has 2 N–H and O–H groups in total. The van der Waals surface area contributed by atoms with Gasteiger partial charge in [-0.3, -0.25) is 9.59 Å². The van der Waals surface area contributed by atoms with E-state index in [1.54, 1.807) is 30.5 Å². The number of hydrogen-bond acceptors (Lipinski definition) is 3. The van der Waals surface area contributed by atoms with Crippen LogP contribution in [0, 0.1) is 0 Å². The second-order valence-electron chi connectivity index (χ2n) is 4.73. The Hall–Kier alpha value is -2.66. The van der Waals surface area contributed by atoms with E-state index in [9.17, 15) is 9.59 Å². The monoisotopic (exact) mass is 329 g/mol. The predicted molar refractivity (Wildman–Crippen MR) is 91.5 cm³/mol. The molecule has 0 fully saturated rings. The van der Waals surface area contributed by atoms with Gasteiger partial charge in [0.2, 0.25) is 11.8 Å². The van der Waals surface area contributed by atoms with E-state index in [1.165, 1.54) is 0 Å². The van der Waals surface area contributed by atoms with Crippen LogP contribution in [-0.4, -0.2) is 18.0 Å². The summed E-state index contributed by atoms with van der Waals surface area (Å²) in [5.41, 5.74) is 3.79. The van der Waals surface area contributed by atoms with Crippen molar-refractivity contribution in [2.24, 2.45) is 5.10 Å². The van der Waals surface area contributed by atoms with Crippen LogP contribution in [0.3, 0.4) is 0 Å². The van der Waals surface area contributed by atoms with E-state index >= 15 is 0 Å². The zero-order valence-corrected chi connectivity index (χ0v) is 13.1. The molecule has 2 aromatic carbocycles. The Morgan fingerprint density at radius 3 is 2.35 bits per heavy atom. The first kappa shape index (κ1) is 16.7. The molecule has 0 spiro atoms. The summed E-state index contributed by atoms with van der Waals surface area (Å²) < 4.78 is 0. The predicted octanol–water partition coefficient (Wildman–Crippen LogP) is 3.21. The van der Waals surface area contributed by atoms with E-state index in [0.717, 1.165) is 5.56 Å². The number of carbonyl (C=O) groups is 2. The molecule has 0 aliphatic rings. The fourth-order valence-corrected chi connectivity index (χ4v) is 1.96. The molecule has 5 nitrogen and oxygen atoms in total. The molecular formula is C17H16ClN3O2. The topological polar surface area (TPSA) is 70.6 Å². The molecular weight excluding hydrogens is 314 g/mol. The number of rotatable bonds is 6. The lowest BCUT2D eigenvalue weighted by Crippen LogP contribution is -2.20. The van der Waals surface area contributed by atoms with Crippen molar-refractivity contribution < 1.29 is 9.59 Å². The molecule has 0 atom stereocenters. The van der Waals surface area contributed by atoms with Crippen LogP contribution in [-0.2, 0) is 9.59 Å². The highest BCUT2D eigenvalue weighted by Crippen LogP contribution is 2.20. The van der Waals surface area contributed by atoms with E-state index in [0.29, 0.717) is 10.7 Å². The zero-order chi connectivity index (χ0) is 16.5. The number of halogens is 1. The minimum absolute atomic E-state index is 0.0441. The van der Waals surface area contributed by atoms with Crippen molar-refractivity contribution in [1.82, 2.24) is 5.43 Å². The van der Waals surface area contributed by atoms with Crippen LogP contribution in [0.25, 0.3) is 0 Å². The number of hydrazone groups is 1. The van der Waals surface area contributed by atoms with Gasteiger partial charge in [-0.15, -0.1) is 0 Å². The van der Waals surface area contributed by atoms with Crippen LogP contribution in [0.4, 0.5) is 5.69 Å². The standard InChI is InChI=1S/C17H16ClN3O2/c18-14-8-4-5-9-15(14)20-16(22)10-11-17(23)21-19-12-13-6-2-1-3-7-13/h1-9,12H,10-11H2,(H,20,22)(H,21,23). The Morgan fingerprint density at radius 2 is 1.61 bits per heavy atom. The van der Waals surface area contributed by atoms with Gasteiger partial charge in [-0.25, -0.2) is 5.43 Å². The van der Waals surface area contributed by atoms with Gasteiger partial charge < -0.3 is 5.32 Å². The molecule has 0 heterocycles. The highest BCUT2D eigenvalue weighted by molar-refractivity contribution is 6.33. The number of amides is 2. The lowest BCUT2D eigenvalue weighted by atomic mass is 10.2. The summed E-state index contributed by atoms with van der Waals surface area (Å²) >= 11 is 5.94.